The SMILES string of the molecule is NCCS[C@@H]1CC(=O)N(Cc2cccs2)C1=O. The molecule has 6 heteroatoms. The van der Waals surface area contributed by atoms with Crippen LogP contribution in [0.2, 0.25) is 0 Å². The summed E-state index contributed by atoms with van der Waals surface area (Å²) in [7, 11) is 0. The quantitative estimate of drug-likeness (QED) is 0.813. The van der Waals surface area contributed by atoms with Crippen molar-refractivity contribution in [3.63, 3.8) is 0 Å². The van der Waals surface area contributed by atoms with Crippen molar-refractivity contribution in [2.75, 3.05) is 12.3 Å². The van der Waals surface area contributed by atoms with Gasteiger partial charge in [0.05, 0.1) is 11.8 Å². The minimum Gasteiger partial charge on any atom is -0.330 e. The Bertz CT molecular complexity index is 406. The second-order valence-corrected chi connectivity index (χ2v) is 6.09. The van der Waals surface area contributed by atoms with Crippen LogP contribution in [0.15, 0.2) is 17.5 Å². The van der Waals surface area contributed by atoms with Gasteiger partial charge in [0.1, 0.15) is 0 Å². The fourth-order valence-electron chi connectivity index (χ4n) is 1.72. The highest BCUT2D eigenvalue weighted by molar-refractivity contribution is 8.00. The maximum atomic E-state index is 12.0. The molecule has 1 aliphatic rings. The largest absolute Gasteiger partial charge is 0.330 e. The van der Waals surface area contributed by atoms with Crippen LogP contribution < -0.4 is 5.73 Å². The highest BCUT2D eigenvalue weighted by Gasteiger charge is 2.38. The van der Waals surface area contributed by atoms with Gasteiger partial charge in [-0.2, -0.15) is 0 Å². The molecule has 4 nitrogen and oxygen atoms in total. The summed E-state index contributed by atoms with van der Waals surface area (Å²) in [5.41, 5.74) is 5.40. The number of likely N-dealkylation sites (tertiary alicyclic amines) is 1. The summed E-state index contributed by atoms with van der Waals surface area (Å²) in [6.45, 7) is 0.947. The second-order valence-electron chi connectivity index (χ2n) is 3.75. The van der Waals surface area contributed by atoms with Crippen molar-refractivity contribution in [3.8, 4) is 0 Å². The summed E-state index contributed by atoms with van der Waals surface area (Å²) in [5, 5.41) is 1.71. The number of carbonyl (C=O) groups excluding carboxylic acids is 2. The number of carbonyl (C=O) groups is 2. The van der Waals surface area contributed by atoms with E-state index in [9.17, 15) is 9.59 Å². The van der Waals surface area contributed by atoms with Gasteiger partial charge in [0.25, 0.3) is 0 Å². The molecular formula is C11H14N2O2S2. The van der Waals surface area contributed by atoms with Crippen molar-refractivity contribution in [2.24, 2.45) is 5.73 Å². The molecule has 1 saturated heterocycles. The first kappa shape index (κ1) is 12.6. The van der Waals surface area contributed by atoms with E-state index in [2.05, 4.69) is 0 Å². The maximum absolute atomic E-state index is 12.0. The summed E-state index contributed by atoms with van der Waals surface area (Å²) in [6.07, 6.45) is 0.314. The Morgan fingerprint density at radius 3 is 3.00 bits per heavy atom. The van der Waals surface area contributed by atoms with E-state index in [1.165, 1.54) is 16.7 Å². The Kier molecular flexibility index (Phi) is 4.20. The number of nitrogens with zero attached hydrogens (tertiary/aromatic N) is 1. The first-order valence-electron chi connectivity index (χ1n) is 5.40. The molecule has 0 bridgehead atoms. The average molecular weight is 270 g/mol. The van der Waals surface area contributed by atoms with Crippen LogP contribution in [-0.2, 0) is 16.1 Å². The Morgan fingerprint density at radius 2 is 2.35 bits per heavy atom. The molecule has 1 atom stereocenters. The molecule has 2 heterocycles. The third-order valence-electron chi connectivity index (χ3n) is 2.53. The molecule has 0 saturated carbocycles. The van der Waals surface area contributed by atoms with Crippen LogP contribution in [-0.4, -0.2) is 34.3 Å². The summed E-state index contributed by atoms with van der Waals surface area (Å²) >= 11 is 3.04. The first-order chi connectivity index (χ1) is 8.22. The smallest absolute Gasteiger partial charge is 0.243 e. The molecule has 1 aliphatic heterocycles. The molecule has 1 fully saturated rings. The predicted molar refractivity (Wildman–Crippen MR) is 69.8 cm³/mol. The Balaban J connectivity index is 1.99. The molecule has 17 heavy (non-hydrogen) atoms. The summed E-state index contributed by atoms with van der Waals surface area (Å²) in [6, 6.07) is 3.86. The highest BCUT2D eigenvalue weighted by atomic mass is 32.2. The maximum Gasteiger partial charge on any atom is 0.243 e. The van der Waals surface area contributed by atoms with Crippen LogP contribution in [0.25, 0.3) is 0 Å². The molecule has 0 aromatic carbocycles. The number of thioether (sulfide) groups is 1. The number of amides is 2. The van der Waals surface area contributed by atoms with Crippen LogP contribution in [0.3, 0.4) is 0 Å². The van der Waals surface area contributed by atoms with Gasteiger partial charge in [0, 0.05) is 23.6 Å². The number of thiophene rings is 1. The van der Waals surface area contributed by atoms with E-state index < -0.39 is 0 Å². The summed E-state index contributed by atoms with van der Waals surface area (Å²) in [5.74, 6) is 0.580. The van der Waals surface area contributed by atoms with Crippen molar-refractivity contribution in [2.45, 2.75) is 18.2 Å². The molecule has 1 aromatic rings. The van der Waals surface area contributed by atoms with Crippen molar-refractivity contribution >= 4 is 34.9 Å². The predicted octanol–water partition coefficient (Wildman–Crippen LogP) is 1.07. The lowest BCUT2D eigenvalue weighted by molar-refractivity contribution is -0.138. The third kappa shape index (κ3) is 2.88. The minimum absolute atomic E-state index is 0.0677. The molecule has 0 aliphatic carbocycles. The zero-order valence-corrected chi connectivity index (χ0v) is 10.9. The van der Waals surface area contributed by atoms with Crippen molar-refractivity contribution in [1.82, 2.24) is 4.90 Å². The minimum atomic E-state index is -0.231. The number of rotatable bonds is 5. The number of hydrogen-bond donors (Lipinski definition) is 1. The van der Waals surface area contributed by atoms with Gasteiger partial charge < -0.3 is 5.73 Å². The van der Waals surface area contributed by atoms with Gasteiger partial charge >= 0.3 is 0 Å². The normalized spacial score (nSPS) is 20.3. The van der Waals surface area contributed by atoms with Gasteiger partial charge in [-0.05, 0) is 11.4 Å². The van der Waals surface area contributed by atoms with Gasteiger partial charge in [0.2, 0.25) is 11.8 Å². The fraction of sp³-hybridized carbons (Fsp3) is 0.455. The fourth-order valence-corrected chi connectivity index (χ4v) is 3.36. The monoisotopic (exact) mass is 270 g/mol. The molecule has 0 radical (unpaired) electrons. The highest BCUT2D eigenvalue weighted by Crippen LogP contribution is 2.26. The standard InChI is InChI=1S/C11H14N2O2S2/c12-3-5-17-9-6-10(14)13(11(9)15)7-8-2-1-4-16-8/h1-2,4,9H,3,5-7,12H2/t9-/m1/s1. The van der Waals surface area contributed by atoms with E-state index in [0.717, 1.165) is 10.6 Å². The molecular weight excluding hydrogens is 256 g/mol. The van der Waals surface area contributed by atoms with Crippen molar-refractivity contribution in [3.05, 3.63) is 22.4 Å². The molecule has 2 N–H and O–H groups in total. The van der Waals surface area contributed by atoms with E-state index in [0.29, 0.717) is 19.5 Å². The first-order valence-corrected chi connectivity index (χ1v) is 7.33. The molecule has 2 rings (SSSR count). The second kappa shape index (κ2) is 5.66. The van der Waals surface area contributed by atoms with Crippen LogP contribution in [0.1, 0.15) is 11.3 Å². The van der Waals surface area contributed by atoms with Crippen LogP contribution in [0.5, 0.6) is 0 Å². The van der Waals surface area contributed by atoms with Crippen molar-refractivity contribution < 1.29 is 9.59 Å². The molecule has 2 amide bonds. The number of hydrogen-bond acceptors (Lipinski definition) is 5. The Hall–Kier alpha value is -0.850. The zero-order chi connectivity index (χ0) is 12.3. The molecule has 92 valence electrons. The van der Waals surface area contributed by atoms with Gasteiger partial charge in [0.15, 0.2) is 0 Å². The van der Waals surface area contributed by atoms with E-state index >= 15 is 0 Å². The lowest BCUT2D eigenvalue weighted by atomic mass is 10.4. The topological polar surface area (TPSA) is 63.4 Å². The van der Waals surface area contributed by atoms with Gasteiger partial charge in [-0.15, -0.1) is 23.1 Å². The van der Waals surface area contributed by atoms with Crippen LogP contribution >= 0.6 is 23.1 Å². The number of imide groups is 1. The molecule has 1 aromatic heterocycles. The van der Waals surface area contributed by atoms with Crippen LogP contribution in [0.4, 0.5) is 0 Å². The lowest BCUT2D eigenvalue weighted by Crippen LogP contribution is -2.30. The van der Waals surface area contributed by atoms with Gasteiger partial charge in [-0.25, -0.2) is 0 Å². The summed E-state index contributed by atoms with van der Waals surface area (Å²) in [4.78, 5) is 26.1. The van der Waals surface area contributed by atoms with Crippen LogP contribution in [0, 0.1) is 0 Å². The number of nitrogens with two attached hydrogens (primary N) is 1. The van der Waals surface area contributed by atoms with Crippen molar-refractivity contribution in [1.29, 1.82) is 0 Å². The van der Waals surface area contributed by atoms with Gasteiger partial charge in [-0.3, -0.25) is 14.5 Å². The third-order valence-corrected chi connectivity index (χ3v) is 4.64. The summed E-state index contributed by atoms with van der Waals surface area (Å²) < 4.78 is 0. The molecule has 0 unspecified atom stereocenters. The zero-order valence-electron chi connectivity index (χ0n) is 9.30. The Morgan fingerprint density at radius 1 is 1.53 bits per heavy atom. The van der Waals surface area contributed by atoms with E-state index in [4.69, 9.17) is 5.73 Å². The Labute approximate surface area is 108 Å². The molecule has 0 spiro atoms. The van der Waals surface area contributed by atoms with E-state index in [-0.39, 0.29) is 17.1 Å². The lowest BCUT2D eigenvalue weighted by Gasteiger charge is -2.13. The van der Waals surface area contributed by atoms with Gasteiger partial charge in [-0.1, -0.05) is 6.07 Å². The van der Waals surface area contributed by atoms with E-state index in [1.54, 1.807) is 11.3 Å². The average Bonchev–Trinajstić information content (AvgIpc) is 2.90. The van der Waals surface area contributed by atoms with E-state index in [1.807, 2.05) is 17.5 Å².